The molecule has 2 aromatic carbocycles. The Morgan fingerprint density at radius 2 is 2.00 bits per heavy atom. The Labute approximate surface area is 187 Å². The second-order valence-corrected chi connectivity index (χ2v) is 9.14. The predicted octanol–water partition coefficient (Wildman–Crippen LogP) is 5.24. The molecule has 166 valence electrons. The van der Waals surface area contributed by atoms with E-state index in [1.807, 2.05) is 22.1 Å². The van der Waals surface area contributed by atoms with Gasteiger partial charge in [-0.05, 0) is 60.6 Å². The van der Waals surface area contributed by atoms with Crippen molar-refractivity contribution >= 4 is 39.4 Å². The molecule has 1 aliphatic rings. The average molecular weight is 456 g/mol. The number of alkyl halides is 2. The zero-order chi connectivity index (χ0) is 22.5. The fraction of sp³-hybridized carbons (Fsp3) is 0.333. The van der Waals surface area contributed by atoms with E-state index in [4.69, 9.17) is 0 Å². The van der Waals surface area contributed by atoms with Gasteiger partial charge < -0.3 is 10.4 Å². The third-order valence-corrected chi connectivity index (χ3v) is 7.04. The molecule has 1 fully saturated rings. The van der Waals surface area contributed by atoms with Gasteiger partial charge >= 0.3 is 0 Å². The number of nitrogens with zero attached hydrogens (tertiary/aromatic N) is 2. The number of hydrogen-bond acceptors (Lipinski definition) is 4. The number of aliphatic hydroxyl groups is 1. The van der Waals surface area contributed by atoms with Crippen molar-refractivity contribution in [1.82, 2.24) is 14.3 Å². The summed E-state index contributed by atoms with van der Waals surface area (Å²) in [4.78, 5) is 12.9. The lowest BCUT2D eigenvalue weighted by atomic mass is 9.80. The first kappa shape index (κ1) is 21.0. The molecule has 0 spiro atoms. The molecular formula is C24H23F2N3O2S. The highest BCUT2D eigenvalue weighted by Gasteiger charge is 2.28. The zero-order valence-corrected chi connectivity index (χ0v) is 18.3. The summed E-state index contributed by atoms with van der Waals surface area (Å²) in [7, 11) is 0. The molecule has 0 radical (unpaired) electrons. The highest BCUT2D eigenvalue weighted by atomic mass is 32.1. The van der Waals surface area contributed by atoms with Crippen molar-refractivity contribution in [3.63, 3.8) is 0 Å². The van der Waals surface area contributed by atoms with Crippen molar-refractivity contribution in [2.24, 2.45) is 5.92 Å². The maximum Gasteiger partial charge on any atom is 0.270 e. The molecule has 1 unspecified atom stereocenters. The second-order valence-electron chi connectivity index (χ2n) is 8.51. The van der Waals surface area contributed by atoms with Crippen LogP contribution in [-0.2, 0) is 5.92 Å². The molecule has 8 heteroatoms. The van der Waals surface area contributed by atoms with Crippen LogP contribution in [0.15, 0.2) is 47.8 Å². The number of nitrogens with one attached hydrogen (secondary N) is 1. The van der Waals surface area contributed by atoms with E-state index in [-0.39, 0.29) is 24.1 Å². The highest BCUT2D eigenvalue weighted by molar-refractivity contribution is 7.05. The Hall–Kier alpha value is -2.84. The van der Waals surface area contributed by atoms with Gasteiger partial charge in [-0.1, -0.05) is 18.6 Å². The number of fused-ring (bicyclic) bond motifs is 3. The summed E-state index contributed by atoms with van der Waals surface area (Å²) in [5.41, 5.74) is 2.77. The fourth-order valence-corrected chi connectivity index (χ4v) is 5.02. The Kier molecular flexibility index (Phi) is 5.22. The van der Waals surface area contributed by atoms with Crippen LogP contribution >= 0.6 is 11.5 Å². The minimum atomic E-state index is -2.90. The lowest BCUT2D eigenvalue weighted by Gasteiger charge is -2.33. The smallest absolute Gasteiger partial charge is 0.270 e. The number of carbonyl (C=O) groups excluding carboxylic acids is 1. The third-order valence-electron chi connectivity index (χ3n) is 6.42. The van der Waals surface area contributed by atoms with Crippen LogP contribution in [0.5, 0.6) is 0 Å². The first-order valence-electron chi connectivity index (χ1n) is 10.7. The van der Waals surface area contributed by atoms with Crippen LogP contribution in [0.2, 0.25) is 0 Å². The Morgan fingerprint density at radius 3 is 2.62 bits per heavy atom. The van der Waals surface area contributed by atoms with Crippen LogP contribution in [0.1, 0.15) is 42.1 Å². The second kappa shape index (κ2) is 7.94. The predicted molar refractivity (Wildman–Crippen MR) is 122 cm³/mol. The van der Waals surface area contributed by atoms with E-state index in [9.17, 15) is 18.7 Å². The molecule has 1 amide bonds. The van der Waals surface area contributed by atoms with Crippen molar-refractivity contribution in [2.75, 3.05) is 6.61 Å². The normalized spacial score (nSPS) is 15.8. The van der Waals surface area contributed by atoms with Crippen LogP contribution in [0.4, 0.5) is 8.78 Å². The van der Waals surface area contributed by atoms with Crippen LogP contribution < -0.4 is 5.32 Å². The Balaban J connectivity index is 1.53. The zero-order valence-electron chi connectivity index (χ0n) is 17.5. The van der Waals surface area contributed by atoms with Gasteiger partial charge in [0, 0.05) is 39.9 Å². The van der Waals surface area contributed by atoms with Crippen LogP contribution in [-0.4, -0.2) is 32.6 Å². The lowest BCUT2D eigenvalue weighted by Crippen LogP contribution is -2.45. The van der Waals surface area contributed by atoms with E-state index < -0.39 is 5.92 Å². The monoisotopic (exact) mass is 455 g/mol. The molecule has 5 nitrogen and oxygen atoms in total. The molecule has 4 aromatic rings. The average Bonchev–Trinajstić information content (AvgIpc) is 3.31. The van der Waals surface area contributed by atoms with Gasteiger partial charge in [-0.15, -0.1) is 0 Å². The van der Waals surface area contributed by atoms with Crippen LogP contribution in [0, 0.1) is 5.92 Å². The molecule has 2 heterocycles. The van der Waals surface area contributed by atoms with Crippen molar-refractivity contribution in [3.8, 4) is 5.69 Å². The maximum absolute atomic E-state index is 13.6. The lowest BCUT2D eigenvalue weighted by molar-refractivity contribution is 0.0175. The fourth-order valence-electron chi connectivity index (χ4n) is 4.35. The van der Waals surface area contributed by atoms with Gasteiger partial charge in [-0.25, -0.2) is 8.78 Å². The quantitative estimate of drug-likeness (QED) is 0.418. The summed E-state index contributed by atoms with van der Waals surface area (Å²) in [5, 5.41) is 16.3. The molecule has 0 saturated heterocycles. The summed E-state index contributed by atoms with van der Waals surface area (Å²) in [6.45, 7) is 0.811. The Morgan fingerprint density at radius 1 is 1.25 bits per heavy atom. The minimum absolute atomic E-state index is 0.0453. The summed E-state index contributed by atoms with van der Waals surface area (Å²) in [6, 6.07) is 11.4. The minimum Gasteiger partial charge on any atom is -0.394 e. The molecule has 32 heavy (non-hydrogen) atoms. The summed E-state index contributed by atoms with van der Waals surface area (Å²) in [5.74, 6) is -2.78. The number of aliphatic hydroxyl groups excluding tert-OH is 1. The van der Waals surface area contributed by atoms with Crippen molar-refractivity contribution in [3.05, 3.63) is 59.0 Å². The first-order chi connectivity index (χ1) is 15.4. The summed E-state index contributed by atoms with van der Waals surface area (Å²) >= 11 is 1.31. The molecule has 1 saturated carbocycles. The molecule has 5 rings (SSSR count). The van der Waals surface area contributed by atoms with E-state index in [1.54, 1.807) is 18.2 Å². The number of halogens is 2. The van der Waals surface area contributed by atoms with E-state index in [1.165, 1.54) is 23.7 Å². The number of carbonyl (C=O) groups is 1. The van der Waals surface area contributed by atoms with Gasteiger partial charge in [-0.2, -0.15) is 4.37 Å². The number of hydrogen-bond donors (Lipinski definition) is 2. The van der Waals surface area contributed by atoms with Gasteiger partial charge in [-0.3, -0.25) is 9.36 Å². The van der Waals surface area contributed by atoms with E-state index in [0.29, 0.717) is 11.5 Å². The van der Waals surface area contributed by atoms with Gasteiger partial charge in [0.1, 0.15) is 0 Å². The SMILES string of the molecule is CC(F)(F)c1ccc(-n2c3ccc(C(=O)NC(CO)C4CCC4)cc3c3csnc32)cc1. The first-order valence-corrected chi connectivity index (χ1v) is 11.5. The molecule has 1 aliphatic carbocycles. The third kappa shape index (κ3) is 3.57. The van der Waals surface area contributed by atoms with Gasteiger partial charge in [0.2, 0.25) is 0 Å². The summed E-state index contributed by atoms with van der Waals surface area (Å²) < 4.78 is 33.7. The van der Waals surface area contributed by atoms with E-state index in [2.05, 4.69) is 9.69 Å². The molecule has 2 aromatic heterocycles. The van der Waals surface area contributed by atoms with Crippen molar-refractivity contribution < 1.29 is 18.7 Å². The molecule has 0 aliphatic heterocycles. The molecule has 2 N–H and O–H groups in total. The number of aromatic nitrogens is 2. The standard InChI is InChI=1S/C24H23F2N3O2S/c1-24(25,26)16-6-8-17(9-7-16)29-21-10-5-15(11-18(21)19-13-32-28-22(19)29)23(31)27-20(12-30)14-3-2-4-14/h5-11,13-14,20,30H,2-4,12H2,1H3,(H,27,31). The molecule has 1 atom stereocenters. The molecular weight excluding hydrogens is 432 g/mol. The van der Waals surface area contributed by atoms with Crippen LogP contribution in [0.25, 0.3) is 27.6 Å². The van der Waals surface area contributed by atoms with E-state index >= 15 is 0 Å². The topological polar surface area (TPSA) is 67.2 Å². The largest absolute Gasteiger partial charge is 0.394 e. The van der Waals surface area contributed by atoms with Gasteiger partial charge in [0.25, 0.3) is 11.8 Å². The molecule has 0 bridgehead atoms. The number of rotatable bonds is 6. The highest BCUT2D eigenvalue weighted by Crippen LogP contribution is 2.35. The number of amides is 1. The summed E-state index contributed by atoms with van der Waals surface area (Å²) in [6.07, 6.45) is 3.19. The van der Waals surface area contributed by atoms with Gasteiger partial charge in [0.15, 0.2) is 5.65 Å². The van der Waals surface area contributed by atoms with Crippen molar-refractivity contribution in [2.45, 2.75) is 38.2 Å². The number of benzene rings is 2. The van der Waals surface area contributed by atoms with E-state index in [0.717, 1.165) is 53.8 Å². The van der Waals surface area contributed by atoms with Gasteiger partial charge in [0.05, 0.1) is 18.2 Å². The van der Waals surface area contributed by atoms with Crippen LogP contribution in [0.3, 0.4) is 0 Å². The van der Waals surface area contributed by atoms with Crippen molar-refractivity contribution in [1.29, 1.82) is 0 Å². The Bertz CT molecular complexity index is 1290. The maximum atomic E-state index is 13.6.